The van der Waals surface area contributed by atoms with Gasteiger partial charge in [0.1, 0.15) is 0 Å². The summed E-state index contributed by atoms with van der Waals surface area (Å²) >= 11 is 0. The van der Waals surface area contributed by atoms with Gasteiger partial charge in [0.15, 0.2) is 0 Å². The Morgan fingerprint density at radius 1 is 1.18 bits per heavy atom. The number of allylic oxidation sites excluding steroid dienone is 5. The number of nitrogens with zero attached hydrogens (tertiary/aromatic N) is 1. The third-order valence-electron chi connectivity index (χ3n) is 9.59. The van der Waals surface area contributed by atoms with Crippen molar-refractivity contribution in [3.05, 3.63) is 49.1 Å². The van der Waals surface area contributed by atoms with E-state index in [-0.39, 0.29) is 5.41 Å². The van der Waals surface area contributed by atoms with Crippen LogP contribution >= 0.6 is 0 Å². The first-order chi connectivity index (χ1) is 16.2. The molecule has 2 heteroatoms. The maximum atomic E-state index is 9.52. The van der Waals surface area contributed by atoms with Crippen LogP contribution in [0.3, 0.4) is 0 Å². The molecule has 192 valence electrons. The predicted octanol–water partition coefficient (Wildman–Crippen LogP) is 7.82. The van der Waals surface area contributed by atoms with Crippen molar-refractivity contribution in [3.63, 3.8) is 0 Å². The fourth-order valence-electron chi connectivity index (χ4n) is 7.16. The van der Waals surface area contributed by atoms with Gasteiger partial charge in [0, 0.05) is 32.2 Å². The Morgan fingerprint density at radius 3 is 2.53 bits per heavy atom. The molecule has 0 amide bonds. The highest BCUT2D eigenvalue weighted by Gasteiger charge is 2.53. The minimum Gasteiger partial charge on any atom is -0.396 e. The number of hydrogen-bond donors (Lipinski definition) is 1. The van der Waals surface area contributed by atoms with Crippen molar-refractivity contribution in [1.82, 2.24) is 4.90 Å². The van der Waals surface area contributed by atoms with Crippen molar-refractivity contribution in [3.8, 4) is 0 Å². The van der Waals surface area contributed by atoms with E-state index in [2.05, 4.69) is 64.0 Å². The smallest absolute Gasteiger partial charge is 0.0433 e. The Labute approximate surface area is 211 Å². The lowest BCUT2D eigenvalue weighted by atomic mass is 9.75. The summed E-state index contributed by atoms with van der Waals surface area (Å²) in [5, 5.41) is 9.52. The zero-order valence-electron chi connectivity index (χ0n) is 22.8. The van der Waals surface area contributed by atoms with Gasteiger partial charge < -0.3 is 10.0 Å². The van der Waals surface area contributed by atoms with E-state index >= 15 is 0 Å². The number of likely N-dealkylation sites (tertiary alicyclic amines) is 1. The molecule has 2 saturated carbocycles. The third kappa shape index (κ3) is 6.97. The van der Waals surface area contributed by atoms with Gasteiger partial charge in [-0.15, -0.1) is 0 Å². The molecule has 0 aromatic carbocycles. The molecular weight excluding hydrogens is 414 g/mol. The highest BCUT2D eigenvalue weighted by Crippen LogP contribution is 2.63. The van der Waals surface area contributed by atoms with Crippen LogP contribution in [0, 0.1) is 40.4 Å². The SMILES string of the molecule is C=C/C=C\C(=C/C=C)C1CN(CC(CCCC2(CC3CCC3)CC2CCO)C(C)C)CC1(C)C. The van der Waals surface area contributed by atoms with Crippen LogP contribution in [0.25, 0.3) is 0 Å². The molecule has 1 N–H and O–H groups in total. The number of aliphatic hydroxyl groups excluding tert-OH is 1. The molecule has 0 spiro atoms. The minimum atomic E-state index is 0.264. The minimum absolute atomic E-state index is 0.264. The fourth-order valence-corrected chi connectivity index (χ4v) is 7.16. The quantitative estimate of drug-likeness (QED) is 0.248. The Balaban J connectivity index is 1.56. The van der Waals surface area contributed by atoms with Gasteiger partial charge in [-0.25, -0.2) is 0 Å². The Kier molecular flexibility index (Phi) is 9.87. The molecule has 2 aliphatic carbocycles. The van der Waals surface area contributed by atoms with E-state index in [0.29, 0.717) is 17.9 Å². The maximum Gasteiger partial charge on any atom is 0.0433 e. The topological polar surface area (TPSA) is 23.5 Å². The molecule has 0 aromatic heterocycles. The van der Waals surface area contributed by atoms with Crippen LogP contribution in [-0.2, 0) is 0 Å². The van der Waals surface area contributed by atoms with Gasteiger partial charge in [0.25, 0.3) is 0 Å². The average Bonchev–Trinajstić information content (AvgIpc) is 3.33. The summed E-state index contributed by atoms with van der Waals surface area (Å²) in [6.07, 6.45) is 22.6. The fraction of sp³-hybridized carbons (Fsp3) is 0.750. The Bertz CT molecular complexity index is 727. The second kappa shape index (κ2) is 12.2. The standard InChI is InChI=1S/C32H53NO/c1-7-9-15-27(12-8-2)30-23-33(24-31(30,5)6)22-28(25(3)4)16-11-18-32(20-26-13-10-14-26)21-29(32)17-19-34/h7-9,12,15,25-26,28-30,34H,1-2,10-11,13-14,16-24H2,3-6H3/b15-9-,27-12+. The molecule has 1 heterocycles. The molecule has 4 atom stereocenters. The van der Waals surface area contributed by atoms with Gasteiger partial charge in [-0.3, -0.25) is 0 Å². The molecule has 4 unspecified atom stereocenters. The largest absolute Gasteiger partial charge is 0.396 e. The highest BCUT2D eigenvalue weighted by atomic mass is 16.3. The summed E-state index contributed by atoms with van der Waals surface area (Å²) in [5.41, 5.74) is 2.23. The lowest BCUT2D eigenvalue weighted by Gasteiger charge is -2.32. The summed E-state index contributed by atoms with van der Waals surface area (Å²) in [7, 11) is 0. The molecule has 2 nitrogen and oxygen atoms in total. The molecule has 0 radical (unpaired) electrons. The summed E-state index contributed by atoms with van der Waals surface area (Å²) in [4.78, 5) is 2.74. The molecule has 3 fully saturated rings. The van der Waals surface area contributed by atoms with Crippen molar-refractivity contribution < 1.29 is 5.11 Å². The second-order valence-corrected chi connectivity index (χ2v) is 12.9. The zero-order chi connectivity index (χ0) is 24.8. The van der Waals surface area contributed by atoms with Crippen LogP contribution in [-0.4, -0.2) is 36.2 Å². The van der Waals surface area contributed by atoms with Crippen molar-refractivity contribution >= 4 is 0 Å². The van der Waals surface area contributed by atoms with Crippen LogP contribution in [0.1, 0.15) is 85.5 Å². The number of hydrogen-bond acceptors (Lipinski definition) is 2. The van der Waals surface area contributed by atoms with Gasteiger partial charge in [0.2, 0.25) is 0 Å². The Hall–Kier alpha value is -1.12. The van der Waals surface area contributed by atoms with Crippen LogP contribution < -0.4 is 0 Å². The summed E-state index contributed by atoms with van der Waals surface area (Å²) in [6, 6.07) is 0. The van der Waals surface area contributed by atoms with Crippen LogP contribution in [0.4, 0.5) is 0 Å². The number of rotatable bonds is 15. The average molecular weight is 468 g/mol. The van der Waals surface area contributed by atoms with Crippen LogP contribution in [0.15, 0.2) is 49.1 Å². The lowest BCUT2D eigenvalue weighted by Crippen LogP contribution is -2.31. The van der Waals surface area contributed by atoms with Crippen LogP contribution in [0.2, 0.25) is 0 Å². The molecule has 1 aliphatic heterocycles. The molecule has 3 aliphatic rings. The molecular formula is C32H53NO. The highest BCUT2D eigenvalue weighted by molar-refractivity contribution is 5.30. The summed E-state index contributed by atoms with van der Waals surface area (Å²) in [5.74, 6) is 3.81. The molecule has 0 bridgehead atoms. The monoisotopic (exact) mass is 467 g/mol. The normalized spacial score (nSPS) is 30.6. The van der Waals surface area contributed by atoms with Crippen LogP contribution in [0.5, 0.6) is 0 Å². The van der Waals surface area contributed by atoms with Gasteiger partial charge in [-0.1, -0.05) is 96.9 Å². The summed E-state index contributed by atoms with van der Waals surface area (Å²) < 4.78 is 0. The van der Waals surface area contributed by atoms with Crippen molar-refractivity contribution in [2.75, 3.05) is 26.2 Å². The van der Waals surface area contributed by atoms with E-state index in [1.807, 2.05) is 12.2 Å². The zero-order valence-corrected chi connectivity index (χ0v) is 22.8. The molecule has 1 saturated heterocycles. The Morgan fingerprint density at radius 2 is 1.94 bits per heavy atom. The predicted molar refractivity (Wildman–Crippen MR) is 148 cm³/mol. The van der Waals surface area contributed by atoms with Gasteiger partial charge in [-0.2, -0.15) is 0 Å². The van der Waals surface area contributed by atoms with E-state index in [4.69, 9.17) is 0 Å². The van der Waals surface area contributed by atoms with Crippen molar-refractivity contribution in [1.29, 1.82) is 0 Å². The van der Waals surface area contributed by atoms with E-state index < -0.39 is 0 Å². The number of aliphatic hydroxyl groups is 1. The first-order valence-corrected chi connectivity index (χ1v) is 14.2. The van der Waals surface area contributed by atoms with E-state index in [9.17, 15) is 5.11 Å². The van der Waals surface area contributed by atoms with Crippen molar-refractivity contribution in [2.45, 2.75) is 85.5 Å². The second-order valence-electron chi connectivity index (χ2n) is 12.9. The maximum absolute atomic E-state index is 9.52. The first kappa shape index (κ1) is 27.5. The molecule has 0 aromatic rings. The van der Waals surface area contributed by atoms with Gasteiger partial charge >= 0.3 is 0 Å². The van der Waals surface area contributed by atoms with Crippen molar-refractivity contribution in [2.24, 2.45) is 40.4 Å². The lowest BCUT2D eigenvalue weighted by molar-refractivity contribution is 0.183. The molecule has 3 rings (SSSR count). The first-order valence-electron chi connectivity index (χ1n) is 14.2. The third-order valence-corrected chi connectivity index (χ3v) is 9.59. The van der Waals surface area contributed by atoms with E-state index in [0.717, 1.165) is 36.6 Å². The van der Waals surface area contributed by atoms with Gasteiger partial charge in [0.05, 0.1) is 0 Å². The van der Waals surface area contributed by atoms with E-state index in [1.54, 1.807) is 0 Å². The summed E-state index contributed by atoms with van der Waals surface area (Å²) in [6.45, 7) is 21.4. The molecule has 34 heavy (non-hydrogen) atoms. The van der Waals surface area contributed by atoms with Gasteiger partial charge in [-0.05, 0) is 72.2 Å². The van der Waals surface area contributed by atoms with E-state index in [1.165, 1.54) is 70.0 Å².